The van der Waals surface area contributed by atoms with Gasteiger partial charge in [0.2, 0.25) is 0 Å². The number of rotatable bonds is 5. The van der Waals surface area contributed by atoms with Gasteiger partial charge in [-0.15, -0.1) is 24.0 Å². The highest BCUT2D eigenvalue weighted by molar-refractivity contribution is 7.82. The third-order valence-corrected chi connectivity index (χ3v) is 3.99. The minimum Gasteiger partial charge on any atom is -0.230 e. The summed E-state index contributed by atoms with van der Waals surface area (Å²) in [6.45, 7) is 2.24. The lowest BCUT2D eigenvalue weighted by atomic mass is 10.1. The number of aromatic nitrogens is 1. The molecule has 0 bridgehead atoms. The Labute approximate surface area is 106 Å². The lowest BCUT2D eigenvalue weighted by Crippen LogP contribution is -1.87. The van der Waals surface area contributed by atoms with Crippen molar-refractivity contribution in [3.63, 3.8) is 0 Å². The molecule has 86 valence electrons. The predicted octanol–water partition coefficient (Wildman–Crippen LogP) is 4.71. The lowest BCUT2D eigenvalue weighted by Gasteiger charge is -2.01. The normalized spacial score (nSPS) is 11.1. The van der Waals surface area contributed by atoms with Crippen molar-refractivity contribution in [1.29, 1.82) is 0 Å². The van der Waals surface area contributed by atoms with Gasteiger partial charge in [-0.3, -0.25) is 0 Å². The van der Waals surface area contributed by atoms with E-state index in [0.717, 1.165) is 16.3 Å². The van der Waals surface area contributed by atoms with Gasteiger partial charge in [0, 0.05) is 0 Å². The molecule has 0 aliphatic rings. The Hall–Kier alpha value is -0.540. The highest BCUT2D eigenvalue weighted by atomic mass is 32.2. The van der Waals surface area contributed by atoms with Crippen LogP contribution in [0.4, 0.5) is 0 Å². The van der Waals surface area contributed by atoms with Crippen LogP contribution < -0.4 is 0 Å². The van der Waals surface area contributed by atoms with E-state index >= 15 is 0 Å². The highest BCUT2D eigenvalue weighted by Crippen LogP contribution is 2.27. The molecule has 0 aliphatic heterocycles. The van der Waals surface area contributed by atoms with Gasteiger partial charge in [-0.1, -0.05) is 38.3 Å². The van der Waals surface area contributed by atoms with Crippen molar-refractivity contribution >= 4 is 34.2 Å². The van der Waals surface area contributed by atoms with Crippen molar-refractivity contribution in [2.45, 2.75) is 43.4 Å². The third-order valence-electron chi connectivity index (χ3n) is 2.79. The molecule has 0 unspecified atom stereocenters. The number of thiol groups is 1. The molecule has 1 nitrogen and oxygen atoms in total. The summed E-state index contributed by atoms with van der Waals surface area (Å²) in [6.07, 6.45) is 6.37. The molecule has 1 aromatic carbocycles. The van der Waals surface area contributed by atoms with Crippen LogP contribution in [0, 0.1) is 0 Å². The second-order valence-corrected chi connectivity index (χ2v) is 5.83. The van der Waals surface area contributed by atoms with E-state index in [1.165, 1.54) is 35.9 Å². The summed E-state index contributed by atoms with van der Waals surface area (Å²) in [5.74, 6) is 0. The minimum absolute atomic E-state index is 0.871. The fourth-order valence-corrected chi connectivity index (χ4v) is 3.09. The van der Waals surface area contributed by atoms with E-state index < -0.39 is 0 Å². The average molecular weight is 251 g/mol. The van der Waals surface area contributed by atoms with Crippen LogP contribution in [0.5, 0.6) is 0 Å². The van der Waals surface area contributed by atoms with Crippen LogP contribution >= 0.6 is 24.0 Å². The minimum atomic E-state index is 0.871. The van der Waals surface area contributed by atoms with Gasteiger partial charge >= 0.3 is 0 Å². The van der Waals surface area contributed by atoms with Crippen molar-refractivity contribution in [1.82, 2.24) is 4.98 Å². The molecule has 2 rings (SSSR count). The maximum Gasteiger partial charge on any atom is 0.148 e. The van der Waals surface area contributed by atoms with Gasteiger partial charge in [0.25, 0.3) is 0 Å². The van der Waals surface area contributed by atoms with E-state index in [1.807, 2.05) is 0 Å². The number of hydrogen-bond acceptors (Lipinski definition) is 3. The number of unbranched alkanes of at least 4 members (excludes halogenated alkanes) is 3. The quantitative estimate of drug-likeness (QED) is 0.600. The predicted molar refractivity (Wildman–Crippen MR) is 74.7 cm³/mol. The molecule has 0 fully saturated rings. The van der Waals surface area contributed by atoms with Gasteiger partial charge in [0.15, 0.2) is 0 Å². The molecule has 0 spiro atoms. The molecule has 0 aliphatic carbocycles. The fourth-order valence-electron chi connectivity index (χ4n) is 1.94. The first kappa shape index (κ1) is 11.9. The van der Waals surface area contributed by atoms with E-state index in [-0.39, 0.29) is 0 Å². The van der Waals surface area contributed by atoms with Crippen molar-refractivity contribution in [3.05, 3.63) is 23.8 Å². The Morgan fingerprint density at radius 1 is 1.25 bits per heavy atom. The SMILES string of the molecule is CCCCCCc1cccc2sc(S)nc12. The number of nitrogens with zero attached hydrogens (tertiary/aromatic N) is 1. The van der Waals surface area contributed by atoms with Crippen molar-refractivity contribution in [2.24, 2.45) is 0 Å². The zero-order valence-corrected chi connectivity index (χ0v) is 11.3. The Bertz CT molecular complexity index is 462. The van der Waals surface area contributed by atoms with Crippen LogP contribution in [0.15, 0.2) is 22.5 Å². The fraction of sp³-hybridized carbons (Fsp3) is 0.462. The molecule has 16 heavy (non-hydrogen) atoms. The van der Waals surface area contributed by atoms with Crippen LogP contribution in [-0.2, 0) is 6.42 Å². The smallest absolute Gasteiger partial charge is 0.148 e. The molecule has 0 saturated heterocycles. The molecular weight excluding hydrogens is 234 g/mol. The van der Waals surface area contributed by atoms with Crippen molar-refractivity contribution in [2.75, 3.05) is 0 Å². The number of para-hydroxylation sites is 1. The summed E-state index contributed by atoms with van der Waals surface area (Å²) in [4.78, 5) is 4.49. The van der Waals surface area contributed by atoms with E-state index in [4.69, 9.17) is 0 Å². The Morgan fingerprint density at radius 2 is 2.12 bits per heavy atom. The second-order valence-electron chi connectivity index (χ2n) is 4.07. The van der Waals surface area contributed by atoms with Crippen LogP contribution in [0.3, 0.4) is 0 Å². The summed E-state index contributed by atoms with van der Waals surface area (Å²) in [6, 6.07) is 6.45. The van der Waals surface area contributed by atoms with Gasteiger partial charge in [-0.05, 0) is 24.5 Å². The highest BCUT2D eigenvalue weighted by Gasteiger charge is 2.05. The van der Waals surface area contributed by atoms with Crippen LogP contribution in [-0.4, -0.2) is 4.98 Å². The van der Waals surface area contributed by atoms with E-state index in [2.05, 4.69) is 42.7 Å². The summed E-state index contributed by atoms with van der Waals surface area (Å²) < 4.78 is 2.13. The lowest BCUT2D eigenvalue weighted by molar-refractivity contribution is 0.668. The number of aryl methyl sites for hydroxylation is 1. The Kier molecular flexibility index (Phi) is 4.24. The van der Waals surface area contributed by atoms with Gasteiger partial charge in [-0.25, -0.2) is 4.98 Å². The maximum atomic E-state index is 4.49. The topological polar surface area (TPSA) is 12.9 Å². The first-order valence-corrected chi connectivity index (χ1v) is 7.15. The molecule has 0 N–H and O–H groups in total. The molecule has 0 saturated carbocycles. The molecule has 0 amide bonds. The van der Waals surface area contributed by atoms with Gasteiger partial charge in [-0.2, -0.15) is 0 Å². The monoisotopic (exact) mass is 251 g/mol. The third kappa shape index (κ3) is 2.77. The van der Waals surface area contributed by atoms with E-state index in [1.54, 1.807) is 11.3 Å². The Morgan fingerprint density at radius 3 is 2.94 bits per heavy atom. The number of benzene rings is 1. The molecule has 0 radical (unpaired) electrons. The first-order valence-electron chi connectivity index (χ1n) is 5.88. The summed E-state index contributed by atoms with van der Waals surface area (Å²) in [5, 5.41) is 0. The molecule has 2 aromatic rings. The van der Waals surface area contributed by atoms with Crippen molar-refractivity contribution in [3.8, 4) is 0 Å². The van der Waals surface area contributed by atoms with Crippen molar-refractivity contribution < 1.29 is 0 Å². The first-order chi connectivity index (χ1) is 7.81. The molecular formula is C13H17NS2. The largest absolute Gasteiger partial charge is 0.230 e. The average Bonchev–Trinajstić information content (AvgIpc) is 2.65. The number of fused-ring (bicyclic) bond motifs is 1. The summed E-state index contributed by atoms with van der Waals surface area (Å²) >= 11 is 5.99. The second kappa shape index (κ2) is 5.69. The van der Waals surface area contributed by atoms with Crippen LogP contribution in [0.2, 0.25) is 0 Å². The molecule has 3 heteroatoms. The number of thiazole rings is 1. The van der Waals surface area contributed by atoms with Crippen LogP contribution in [0.25, 0.3) is 10.2 Å². The zero-order valence-electron chi connectivity index (χ0n) is 9.57. The summed E-state index contributed by atoms with van der Waals surface area (Å²) in [7, 11) is 0. The maximum absolute atomic E-state index is 4.49. The Balaban J connectivity index is 2.11. The van der Waals surface area contributed by atoms with E-state index in [0.29, 0.717) is 0 Å². The number of hydrogen-bond donors (Lipinski definition) is 1. The van der Waals surface area contributed by atoms with Gasteiger partial charge in [0.1, 0.15) is 4.34 Å². The van der Waals surface area contributed by atoms with Gasteiger partial charge in [0.05, 0.1) is 10.2 Å². The molecule has 1 heterocycles. The zero-order chi connectivity index (χ0) is 11.4. The van der Waals surface area contributed by atoms with E-state index in [9.17, 15) is 0 Å². The van der Waals surface area contributed by atoms with Crippen LogP contribution in [0.1, 0.15) is 38.2 Å². The van der Waals surface area contributed by atoms with Gasteiger partial charge < -0.3 is 0 Å². The molecule has 1 aromatic heterocycles. The standard InChI is InChI=1S/C13H17NS2/c1-2-3-4-5-7-10-8-6-9-11-12(10)14-13(15)16-11/h6,8-9H,2-5,7H2,1H3,(H,14,15). The molecule has 0 atom stereocenters. The summed E-state index contributed by atoms with van der Waals surface area (Å²) in [5.41, 5.74) is 2.54.